The maximum Gasteiger partial charge on any atom is 0.0659 e. The van der Waals surface area contributed by atoms with Gasteiger partial charge in [-0.15, -0.1) is 0 Å². The molecule has 1 aliphatic rings. The van der Waals surface area contributed by atoms with E-state index in [2.05, 4.69) is 15.3 Å². The highest BCUT2D eigenvalue weighted by atomic mass is 14.9. The van der Waals surface area contributed by atoms with Crippen LogP contribution in [0.25, 0.3) is 0 Å². The second-order valence-corrected chi connectivity index (χ2v) is 3.22. The van der Waals surface area contributed by atoms with E-state index in [1.165, 1.54) is 12.1 Å². The van der Waals surface area contributed by atoms with E-state index in [-0.39, 0.29) is 0 Å². The number of nitrogens with zero attached hydrogens (tertiary/aromatic N) is 2. The molecule has 0 spiro atoms. The van der Waals surface area contributed by atoms with Crippen molar-refractivity contribution in [1.29, 1.82) is 0 Å². The molecule has 3 heteroatoms. The predicted octanol–water partition coefficient (Wildman–Crippen LogP) is 0.862. The summed E-state index contributed by atoms with van der Waals surface area (Å²) in [5.41, 5.74) is 2.24. The highest BCUT2D eigenvalue weighted by molar-refractivity contribution is 5.15. The summed E-state index contributed by atoms with van der Waals surface area (Å²) in [6.45, 7) is 4.20. The molecular formula is C9H13N3. The normalized spacial score (nSPS) is 22.9. The van der Waals surface area contributed by atoms with E-state index < -0.39 is 0 Å². The van der Waals surface area contributed by atoms with Crippen LogP contribution in [-0.4, -0.2) is 23.1 Å². The molecule has 64 valence electrons. The fourth-order valence-electron chi connectivity index (χ4n) is 1.71. The zero-order valence-electron chi connectivity index (χ0n) is 7.25. The maximum atomic E-state index is 4.36. The predicted molar refractivity (Wildman–Crippen MR) is 47.0 cm³/mol. The molecule has 0 aliphatic carbocycles. The average molecular weight is 163 g/mol. The minimum absolute atomic E-state index is 0.582. The highest BCUT2D eigenvalue weighted by Gasteiger charge is 2.19. The van der Waals surface area contributed by atoms with Crippen LogP contribution in [0.5, 0.6) is 0 Å². The summed E-state index contributed by atoms with van der Waals surface area (Å²) in [5, 5.41) is 3.33. The Hall–Kier alpha value is -0.960. The third-order valence-electron chi connectivity index (χ3n) is 2.37. The van der Waals surface area contributed by atoms with Crippen LogP contribution in [0, 0.1) is 6.92 Å². The monoisotopic (exact) mass is 163 g/mol. The van der Waals surface area contributed by atoms with Gasteiger partial charge in [-0.1, -0.05) is 0 Å². The molecule has 0 aromatic carbocycles. The molecule has 0 amide bonds. The van der Waals surface area contributed by atoms with Gasteiger partial charge in [0, 0.05) is 24.9 Å². The summed E-state index contributed by atoms with van der Waals surface area (Å²) in [5.74, 6) is 0.582. The summed E-state index contributed by atoms with van der Waals surface area (Å²) in [4.78, 5) is 8.59. The van der Waals surface area contributed by atoms with Gasteiger partial charge in [0.25, 0.3) is 0 Å². The van der Waals surface area contributed by atoms with E-state index in [0.29, 0.717) is 5.92 Å². The van der Waals surface area contributed by atoms with Crippen LogP contribution in [0.3, 0.4) is 0 Å². The van der Waals surface area contributed by atoms with Gasteiger partial charge in [-0.2, -0.15) is 0 Å². The number of aromatic nitrogens is 2. The van der Waals surface area contributed by atoms with Gasteiger partial charge in [0.2, 0.25) is 0 Å². The Balaban J connectivity index is 2.26. The Morgan fingerprint density at radius 1 is 1.42 bits per heavy atom. The lowest BCUT2D eigenvalue weighted by Gasteiger charge is -2.08. The summed E-state index contributed by atoms with van der Waals surface area (Å²) in [6.07, 6.45) is 4.72. The Morgan fingerprint density at radius 2 is 2.25 bits per heavy atom. The minimum atomic E-state index is 0.582. The molecule has 1 aromatic rings. The van der Waals surface area contributed by atoms with Gasteiger partial charge in [-0.3, -0.25) is 9.97 Å². The molecule has 0 radical (unpaired) electrons. The second kappa shape index (κ2) is 3.19. The van der Waals surface area contributed by atoms with Crippen molar-refractivity contribution in [1.82, 2.24) is 15.3 Å². The van der Waals surface area contributed by atoms with Crippen molar-refractivity contribution >= 4 is 0 Å². The molecule has 2 heterocycles. The van der Waals surface area contributed by atoms with E-state index in [9.17, 15) is 0 Å². The van der Waals surface area contributed by atoms with Crippen LogP contribution in [0.1, 0.15) is 23.7 Å². The molecule has 1 unspecified atom stereocenters. The minimum Gasteiger partial charge on any atom is -0.316 e. The number of rotatable bonds is 1. The molecule has 2 rings (SSSR count). The lowest BCUT2D eigenvalue weighted by Crippen LogP contribution is -2.10. The first-order valence-electron chi connectivity index (χ1n) is 4.36. The Bertz CT molecular complexity index is 266. The lowest BCUT2D eigenvalue weighted by molar-refractivity contribution is 0.718. The molecule has 1 N–H and O–H groups in total. The van der Waals surface area contributed by atoms with Crippen molar-refractivity contribution in [3.05, 3.63) is 23.8 Å². The lowest BCUT2D eigenvalue weighted by atomic mass is 10.0. The molecule has 0 saturated carbocycles. The van der Waals surface area contributed by atoms with Crippen LogP contribution >= 0.6 is 0 Å². The molecule has 1 aliphatic heterocycles. The van der Waals surface area contributed by atoms with Crippen molar-refractivity contribution in [2.45, 2.75) is 19.3 Å². The van der Waals surface area contributed by atoms with Gasteiger partial charge in [-0.25, -0.2) is 0 Å². The quantitative estimate of drug-likeness (QED) is 0.667. The fraction of sp³-hybridized carbons (Fsp3) is 0.556. The van der Waals surface area contributed by atoms with Crippen LogP contribution in [0.15, 0.2) is 12.4 Å². The summed E-state index contributed by atoms with van der Waals surface area (Å²) >= 11 is 0. The Kier molecular flexibility index (Phi) is 2.04. The van der Waals surface area contributed by atoms with Crippen molar-refractivity contribution < 1.29 is 0 Å². The van der Waals surface area contributed by atoms with Crippen molar-refractivity contribution in [2.75, 3.05) is 13.1 Å². The average Bonchev–Trinajstić information content (AvgIpc) is 2.57. The van der Waals surface area contributed by atoms with Crippen molar-refractivity contribution in [2.24, 2.45) is 0 Å². The van der Waals surface area contributed by atoms with E-state index in [1.807, 2.05) is 6.92 Å². The maximum absolute atomic E-state index is 4.36. The topological polar surface area (TPSA) is 37.8 Å². The van der Waals surface area contributed by atoms with E-state index in [4.69, 9.17) is 0 Å². The van der Waals surface area contributed by atoms with Gasteiger partial charge in [0.15, 0.2) is 0 Å². The third-order valence-corrected chi connectivity index (χ3v) is 2.37. The number of nitrogens with one attached hydrogen (secondary N) is 1. The SMILES string of the molecule is Cc1nccnc1C1CCNC1. The Morgan fingerprint density at radius 3 is 2.92 bits per heavy atom. The number of hydrogen-bond acceptors (Lipinski definition) is 3. The molecule has 1 atom stereocenters. The Labute approximate surface area is 72.2 Å². The molecule has 1 saturated heterocycles. The number of aryl methyl sites for hydroxylation is 1. The van der Waals surface area contributed by atoms with Crippen LogP contribution in [-0.2, 0) is 0 Å². The van der Waals surface area contributed by atoms with Crippen molar-refractivity contribution in [3.8, 4) is 0 Å². The van der Waals surface area contributed by atoms with Crippen LogP contribution in [0.2, 0.25) is 0 Å². The standard InChI is InChI=1S/C9H13N3/c1-7-9(12-5-4-11-7)8-2-3-10-6-8/h4-5,8,10H,2-3,6H2,1H3. The van der Waals surface area contributed by atoms with E-state index >= 15 is 0 Å². The van der Waals surface area contributed by atoms with Crippen molar-refractivity contribution in [3.63, 3.8) is 0 Å². The van der Waals surface area contributed by atoms with Crippen LogP contribution in [0.4, 0.5) is 0 Å². The first-order chi connectivity index (χ1) is 5.88. The second-order valence-electron chi connectivity index (χ2n) is 3.22. The summed E-state index contributed by atoms with van der Waals surface area (Å²) < 4.78 is 0. The van der Waals surface area contributed by atoms with Gasteiger partial charge < -0.3 is 5.32 Å². The van der Waals surface area contributed by atoms with E-state index in [0.717, 1.165) is 18.8 Å². The molecular weight excluding hydrogens is 150 g/mol. The largest absolute Gasteiger partial charge is 0.316 e. The highest BCUT2D eigenvalue weighted by Crippen LogP contribution is 2.21. The zero-order valence-corrected chi connectivity index (χ0v) is 7.25. The fourth-order valence-corrected chi connectivity index (χ4v) is 1.71. The first-order valence-corrected chi connectivity index (χ1v) is 4.36. The van der Waals surface area contributed by atoms with Gasteiger partial charge in [0.05, 0.1) is 11.4 Å². The molecule has 3 nitrogen and oxygen atoms in total. The molecule has 12 heavy (non-hydrogen) atoms. The summed E-state index contributed by atoms with van der Waals surface area (Å²) in [6, 6.07) is 0. The molecule has 1 fully saturated rings. The molecule has 0 bridgehead atoms. The summed E-state index contributed by atoms with van der Waals surface area (Å²) in [7, 11) is 0. The zero-order chi connectivity index (χ0) is 8.39. The van der Waals surface area contributed by atoms with Gasteiger partial charge in [0.1, 0.15) is 0 Å². The smallest absolute Gasteiger partial charge is 0.0659 e. The van der Waals surface area contributed by atoms with Gasteiger partial charge >= 0.3 is 0 Å². The first kappa shape index (κ1) is 7.68. The van der Waals surface area contributed by atoms with Crippen LogP contribution < -0.4 is 5.32 Å². The van der Waals surface area contributed by atoms with E-state index in [1.54, 1.807) is 12.4 Å². The molecule has 1 aromatic heterocycles. The van der Waals surface area contributed by atoms with Gasteiger partial charge in [-0.05, 0) is 19.9 Å². The third kappa shape index (κ3) is 1.32. The number of hydrogen-bond donors (Lipinski definition) is 1.